The summed E-state index contributed by atoms with van der Waals surface area (Å²) in [6, 6.07) is 14.8. The fourth-order valence-corrected chi connectivity index (χ4v) is 5.53. The number of fused-ring (bicyclic) bond motifs is 2. The molecule has 0 aliphatic carbocycles. The Morgan fingerprint density at radius 3 is 2.62 bits per heavy atom. The summed E-state index contributed by atoms with van der Waals surface area (Å²) in [6.45, 7) is 0. The minimum absolute atomic E-state index is 0.174. The lowest BCUT2D eigenvalue weighted by molar-refractivity contribution is 0.102. The smallest absolute Gasteiger partial charge is 0.271 e. The first kappa shape index (κ1) is 17.1. The zero-order valence-electron chi connectivity index (χ0n) is 13.0. The van der Waals surface area contributed by atoms with E-state index in [-0.39, 0.29) is 21.4 Å². The van der Waals surface area contributed by atoms with Crippen molar-refractivity contribution in [3.05, 3.63) is 63.9 Å². The molecule has 0 unspecified atom stereocenters. The van der Waals surface area contributed by atoms with Crippen LogP contribution in [0.5, 0.6) is 11.5 Å². The number of halogens is 1. The Hall–Kier alpha value is -2.36. The Kier molecular flexibility index (Phi) is 4.22. The van der Waals surface area contributed by atoms with Gasteiger partial charge >= 0.3 is 0 Å². The van der Waals surface area contributed by atoms with Crippen molar-refractivity contribution in [1.29, 1.82) is 0 Å². The first-order valence-electron chi connectivity index (χ1n) is 7.43. The van der Waals surface area contributed by atoms with E-state index in [1.807, 2.05) is 0 Å². The molecule has 3 aromatic rings. The van der Waals surface area contributed by atoms with Gasteiger partial charge in [-0.05, 0) is 58.4 Å². The van der Waals surface area contributed by atoms with Crippen molar-refractivity contribution in [2.24, 2.45) is 0 Å². The molecular formula is C17H11BrN2O4S2. The number of hydrogen-bond acceptors (Lipinski definition) is 5. The first-order valence-corrected chi connectivity index (χ1v) is 10.5. The number of sulfonamides is 1. The molecule has 132 valence electrons. The molecule has 2 aromatic carbocycles. The second-order valence-corrected chi connectivity index (χ2v) is 9.80. The first-order chi connectivity index (χ1) is 12.4. The van der Waals surface area contributed by atoms with Gasteiger partial charge in [-0.15, -0.1) is 11.3 Å². The molecule has 2 N–H and O–H groups in total. The topological polar surface area (TPSA) is 84.5 Å². The van der Waals surface area contributed by atoms with Crippen LogP contribution in [0, 0.1) is 0 Å². The molecule has 9 heteroatoms. The standard InChI is InChI=1S/C17H11BrN2O4S2/c18-15-7-8-16(25-15)26(22,23)20-10-5-6-13-11(9-10)17(21)19-12-3-1-2-4-14(12)24-13/h1-9,20H,(H,19,21). The maximum Gasteiger partial charge on any atom is 0.271 e. The molecule has 0 atom stereocenters. The molecule has 6 nitrogen and oxygen atoms in total. The third-order valence-corrected chi connectivity index (χ3v) is 7.14. The molecule has 2 heterocycles. The van der Waals surface area contributed by atoms with Crippen LogP contribution in [-0.4, -0.2) is 14.3 Å². The number of hydrogen-bond donors (Lipinski definition) is 2. The van der Waals surface area contributed by atoms with Crippen molar-refractivity contribution in [3.63, 3.8) is 0 Å². The third-order valence-electron chi connectivity index (χ3n) is 3.64. The predicted molar refractivity (Wildman–Crippen MR) is 104 cm³/mol. The summed E-state index contributed by atoms with van der Waals surface area (Å²) in [6.07, 6.45) is 0. The van der Waals surface area contributed by atoms with Crippen molar-refractivity contribution < 1.29 is 17.9 Å². The van der Waals surface area contributed by atoms with E-state index in [2.05, 4.69) is 26.0 Å². The number of para-hydroxylation sites is 2. The van der Waals surface area contributed by atoms with Gasteiger partial charge in [0, 0.05) is 5.69 Å². The second kappa shape index (κ2) is 6.42. The van der Waals surface area contributed by atoms with Crippen LogP contribution in [0.1, 0.15) is 10.4 Å². The average molecular weight is 451 g/mol. The van der Waals surface area contributed by atoms with Crippen LogP contribution in [0.2, 0.25) is 0 Å². The van der Waals surface area contributed by atoms with Crippen LogP contribution in [0.4, 0.5) is 11.4 Å². The highest BCUT2D eigenvalue weighted by atomic mass is 79.9. The van der Waals surface area contributed by atoms with Crippen LogP contribution in [0.15, 0.2) is 62.6 Å². The van der Waals surface area contributed by atoms with Gasteiger partial charge in [-0.3, -0.25) is 9.52 Å². The van der Waals surface area contributed by atoms with Crippen molar-refractivity contribution >= 4 is 54.6 Å². The molecule has 0 saturated heterocycles. The quantitative estimate of drug-likeness (QED) is 0.606. The molecule has 0 spiro atoms. The van der Waals surface area contributed by atoms with E-state index in [1.54, 1.807) is 42.5 Å². The summed E-state index contributed by atoms with van der Waals surface area (Å²) in [4.78, 5) is 12.5. The summed E-state index contributed by atoms with van der Waals surface area (Å²) in [5.41, 5.74) is 1.08. The van der Waals surface area contributed by atoms with Gasteiger partial charge in [0.2, 0.25) is 0 Å². The maximum atomic E-state index is 12.5. The number of thiophene rings is 1. The fourth-order valence-electron chi connectivity index (χ4n) is 2.47. The summed E-state index contributed by atoms with van der Waals surface area (Å²) in [7, 11) is -3.73. The van der Waals surface area contributed by atoms with E-state index in [1.165, 1.54) is 12.1 Å². The van der Waals surface area contributed by atoms with Crippen LogP contribution in [0.3, 0.4) is 0 Å². The van der Waals surface area contributed by atoms with Gasteiger partial charge in [-0.25, -0.2) is 8.42 Å². The third kappa shape index (κ3) is 3.20. The molecule has 4 rings (SSSR count). The minimum Gasteiger partial charge on any atom is -0.454 e. The van der Waals surface area contributed by atoms with E-state index >= 15 is 0 Å². The van der Waals surface area contributed by atoms with Gasteiger partial charge in [0.05, 0.1) is 15.0 Å². The Morgan fingerprint density at radius 1 is 1.04 bits per heavy atom. The number of carbonyl (C=O) groups is 1. The monoisotopic (exact) mass is 450 g/mol. The molecule has 0 fully saturated rings. The average Bonchev–Trinajstić information content (AvgIpc) is 2.99. The Balaban J connectivity index is 1.68. The molecular weight excluding hydrogens is 440 g/mol. The predicted octanol–water partition coefficient (Wildman–Crippen LogP) is 4.67. The van der Waals surface area contributed by atoms with Crippen molar-refractivity contribution in [2.45, 2.75) is 4.21 Å². The van der Waals surface area contributed by atoms with Gasteiger partial charge in [0.1, 0.15) is 9.96 Å². The van der Waals surface area contributed by atoms with Crippen LogP contribution < -0.4 is 14.8 Å². The van der Waals surface area contributed by atoms with E-state index < -0.39 is 10.0 Å². The van der Waals surface area contributed by atoms with E-state index in [4.69, 9.17) is 4.74 Å². The second-order valence-electron chi connectivity index (χ2n) is 5.43. The van der Waals surface area contributed by atoms with Crippen molar-refractivity contribution in [1.82, 2.24) is 0 Å². The Morgan fingerprint density at radius 2 is 1.85 bits per heavy atom. The molecule has 1 amide bonds. The molecule has 1 aliphatic heterocycles. The molecule has 0 bridgehead atoms. The number of benzene rings is 2. The van der Waals surface area contributed by atoms with E-state index in [9.17, 15) is 13.2 Å². The van der Waals surface area contributed by atoms with Gasteiger partial charge in [-0.2, -0.15) is 0 Å². The van der Waals surface area contributed by atoms with E-state index in [0.717, 1.165) is 11.3 Å². The van der Waals surface area contributed by atoms with Crippen LogP contribution in [-0.2, 0) is 10.0 Å². The highest BCUT2D eigenvalue weighted by Gasteiger charge is 2.23. The zero-order chi connectivity index (χ0) is 18.3. The van der Waals surface area contributed by atoms with Gasteiger partial charge < -0.3 is 10.1 Å². The number of anilines is 2. The molecule has 1 aliphatic rings. The lowest BCUT2D eigenvalue weighted by Gasteiger charge is -2.10. The Labute approximate surface area is 162 Å². The van der Waals surface area contributed by atoms with Crippen molar-refractivity contribution in [3.8, 4) is 11.5 Å². The lowest BCUT2D eigenvalue weighted by Crippen LogP contribution is -2.14. The fraction of sp³-hybridized carbons (Fsp3) is 0. The number of rotatable bonds is 3. The normalized spacial score (nSPS) is 13.0. The molecule has 0 saturated carbocycles. The molecule has 26 heavy (non-hydrogen) atoms. The molecule has 0 radical (unpaired) electrons. The summed E-state index contributed by atoms with van der Waals surface area (Å²) >= 11 is 4.35. The van der Waals surface area contributed by atoms with Gasteiger partial charge in [-0.1, -0.05) is 12.1 Å². The minimum atomic E-state index is -3.73. The SMILES string of the molecule is O=C1Nc2ccccc2Oc2ccc(NS(=O)(=O)c3ccc(Br)s3)cc21. The van der Waals surface area contributed by atoms with Crippen LogP contribution in [0.25, 0.3) is 0 Å². The summed E-state index contributed by atoms with van der Waals surface area (Å²) in [5.74, 6) is 0.510. The van der Waals surface area contributed by atoms with Gasteiger partial charge in [0.15, 0.2) is 5.75 Å². The van der Waals surface area contributed by atoms with Gasteiger partial charge in [0.25, 0.3) is 15.9 Å². The lowest BCUT2D eigenvalue weighted by atomic mass is 10.1. The molecule has 1 aromatic heterocycles. The maximum absolute atomic E-state index is 12.5. The number of nitrogens with one attached hydrogen (secondary N) is 2. The Bertz CT molecular complexity index is 1130. The summed E-state index contributed by atoms with van der Waals surface area (Å²) < 4.78 is 34.1. The number of amides is 1. The summed E-state index contributed by atoms with van der Waals surface area (Å²) in [5, 5.41) is 2.76. The number of carbonyl (C=O) groups excluding carboxylic acids is 1. The van der Waals surface area contributed by atoms with E-state index in [0.29, 0.717) is 21.0 Å². The number of ether oxygens (including phenoxy) is 1. The highest BCUT2D eigenvalue weighted by Crippen LogP contribution is 2.37. The highest BCUT2D eigenvalue weighted by molar-refractivity contribution is 9.11. The van der Waals surface area contributed by atoms with Crippen LogP contribution >= 0.6 is 27.3 Å². The zero-order valence-corrected chi connectivity index (χ0v) is 16.2. The van der Waals surface area contributed by atoms with Crippen molar-refractivity contribution in [2.75, 3.05) is 10.0 Å². The largest absolute Gasteiger partial charge is 0.454 e.